The molecule has 0 spiro atoms. The molecule has 0 atom stereocenters. The molecule has 1 heterocycles. The van der Waals surface area contributed by atoms with Crippen LogP contribution in [-0.4, -0.2) is 10.1 Å². The van der Waals surface area contributed by atoms with Gasteiger partial charge in [0.1, 0.15) is 11.8 Å². The van der Waals surface area contributed by atoms with Crippen molar-refractivity contribution in [3.05, 3.63) is 28.0 Å². The second kappa shape index (κ2) is 4.31. The summed E-state index contributed by atoms with van der Waals surface area (Å²) in [6.07, 6.45) is -1.81. The summed E-state index contributed by atoms with van der Waals surface area (Å²) in [5.74, 6) is 0. The lowest BCUT2D eigenvalue weighted by atomic mass is 10.1. The van der Waals surface area contributed by atoms with Crippen LogP contribution in [0, 0.1) is 11.3 Å². The zero-order valence-corrected chi connectivity index (χ0v) is 7.59. The normalized spacial score (nSPS) is 10.3. The molecule has 1 rings (SSSR count). The average Bonchev–Trinajstić information content (AvgIpc) is 2.17. The van der Waals surface area contributed by atoms with E-state index in [4.69, 9.17) is 22.0 Å². The summed E-state index contributed by atoms with van der Waals surface area (Å²) in [5, 5.41) is 17.3. The first-order valence-electron chi connectivity index (χ1n) is 3.58. The Morgan fingerprint density at radius 2 is 2.29 bits per heavy atom. The second-order valence-electron chi connectivity index (χ2n) is 2.42. The Bertz CT molecular complexity index is 390. The van der Waals surface area contributed by atoms with E-state index in [9.17, 15) is 8.78 Å². The summed E-state index contributed by atoms with van der Waals surface area (Å²) in [6.45, 7) is -0.643. The predicted octanol–water partition coefficient (Wildman–Crippen LogP) is 2.04. The van der Waals surface area contributed by atoms with Gasteiger partial charge in [0.05, 0.1) is 17.2 Å². The van der Waals surface area contributed by atoms with E-state index in [1.807, 2.05) is 0 Å². The number of rotatable bonds is 2. The van der Waals surface area contributed by atoms with Gasteiger partial charge >= 0.3 is 0 Å². The third-order valence-corrected chi connectivity index (χ3v) is 1.98. The smallest absolute Gasteiger partial charge is 0.267 e. The maximum absolute atomic E-state index is 12.5. The predicted molar refractivity (Wildman–Crippen MR) is 44.8 cm³/mol. The molecule has 0 fully saturated rings. The van der Waals surface area contributed by atoms with Gasteiger partial charge in [-0.25, -0.2) is 13.8 Å². The molecule has 0 aliphatic rings. The monoisotopic (exact) mass is 218 g/mol. The molecule has 0 bridgehead atoms. The highest BCUT2D eigenvalue weighted by atomic mass is 35.5. The maximum atomic E-state index is 12.5. The van der Waals surface area contributed by atoms with Crippen molar-refractivity contribution in [1.29, 1.82) is 5.26 Å². The van der Waals surface area contributed by atoms with Gasteiger partial charge in [0.2, 0.25) is 0 Å². The van der Waals surface area contributed by atoms with Gasteiger partial charge in [-0.2, -0.15) is 5.26 Å². The van der Waals surface area contributed by atoms with Crippen LogP contribution >= 0.6 is 11.6 Å². The fourth-order valence-corrected chi connectivity index (χ4v) is 1.24. The Kier molecular flexibility index (Phi) is 3.33. The van der Waals surface area contributed by atoms with Crippen LogP contribution in [0.1, 0.15) is 23.2 Å². The minimum Gasteiger partial charge on any atom is -0.392 e. The van der Waals surface area contributed by atoms with Crippen LogP contribution in [0.15, 0.2) is 6.20 Å². The Morgan fingerprint density at radius 3 is 2.71 bits per heavy atom. The molecule has 14 heavy (non-hydrogen) atoms. The summed E-state index contributed by atoms with van der Waals surface area (Å²) in [7, 11) is 0. The molecule has 1 aromatic rings. The third kappa shape index (κ3) is 1.81. The standard InChI is InChI=1S/C8H5ClF2N2O/c9-5-2-13-6(1-12)7(8(10)11)4(5)3-14/h2,8,14H,3H2. The van der Waals surface area contributed by atoms with Crippen molar-refractivity contribution in [2.75, 3.05) is 0 Å². The molecule has 74 valence electrons. The van der Waals surface area contributed by atoms with Crippen LogP contribution in [0.25, 0.3) is 0 Å². The topological polar surface area (TPSA) is 56.9 Å². The van der Waals surface area contributed by atoms with E-state index < -0.39 is 24.3 Å². The molecule has 6 heteroatoms. The number of pyridine rings is 1. The molecule has 1 aromatic heterocycles. The summed E-state index contributed by atoms with van der Waals surface area (Å²) in [4.78, 5) is 3.44. The van der Waals surface area contributed by atoms with Crippen LogP contribution in [0.3, 0.4) is 0 Å². The first-order chi connectivity index (χ1) is 6.61. The minimum atomic E-state index is -2.88. The molecule has 0 radical (unpaired) electrons. The number of hydrogen-bond donors (Lipinski definition) is 1. The average molecular weight is 219 g/mol. The van der Waals surface area contributed by atoms with Gasteiger partial charge < -0.3 is 5.11 Å². The fourth-order valence-electron chi connectivity index (χ4n) is 1.03. The maximum Gasteiger partial charge on any atom is 0.267 e. The molecule has 0 saturated carbocycles. The van der Waals surface area contributed by atoms with E-state index in [-0.39, 0.29) is 10.6 Å². The van der Waals surface area contributed by atoms with Crippen molar-refractivity contribution in [2.45, 2.75) is 13.0 Å². The van der Waals surface area contributed by atoms with E-state index in [2.05, 4.69) is 4.98 Å². The summed E-state index contributed by atoms with van der Waals surface area (Å²) in [6, 6.07) is 1.52. The molecular formula is C8H5ClF2N2O. The number of aromatic nitrogens is 1. The highest BCUT2D eigenvalue weighted by molar-refractivity contribution is 6.31. The van der Waals surface area contributed by atoms with E-state index in [1.54, 1.807) is 0 Å². The lowest BCUT2D eigenvalue weighted by Gasteiger charge is -2.08. The van der Waals surface area contributed by atoms with Crippen molar-refractivity contribution in [2.24, 2.45) is 0 Å². The van der Waals surface area contributed by atoms with Crippen molar-refractivity contribution < 1.29 is 13.9 Å². The molecule has 0 aliphatic carbocycles. The van der Waals surface area contributed by atoms with Crippen LogP contribution < -0.4 is 0 Å². The van der Waals surface area contributed by atoms with Crippen LogP contribution in [0.4, 0.5) is 8.78 Å². The lowest BCUT2D eigenvalue weighted by molar-refractivity contribution is 0.146. The zero-order valence-electron chi connectivity index (χ0n) is 6.84. The van der Waals surface area contributed by atoms with E-state index in [0.717, 1.165) is 6.20 Å². The first kappa shape index (κ1) is 10.8. The first-order valence-corrected chi connectivity index (χ1v) is 3.96. The quantitative estimate of drug-likeness (QED) is 0.826. The van der Waals surface area contributed by atoms with Crippen molar-refractivity contribution >= 4 is 11.6 Å². The van der Waals surface area contributed by atoms with Crippen molar-refractivity contribution in [1.82, 2.24) is 4.98 Å². The zero-order chi connectivity index (χ0) is 10.7. The highest BCUT2D eigenvalue weighted by Gasteiger charge is 2.20. The number of halogens is 3. The minimum absolute atomic E-state index is 0.0678. The fraction of sp³-hybridized carbons (Fsp3) is 0.250. The molecule has 0 amide bonds. The van der Waals surface area contributed by atoms with Crippen LogP contribution in [0.5, 0.6) is 0 Å². The van der Waals surface area contributed by atoms with Crippen LogP contribution in [-0.2, 0) is 6.61 Å². The molecular weight excluding hydrogens is 214 g/mol. The Labute approximate surface area is 83.6 Å². The number of nitriles is 1. The van der Waals surface area contributed by atoms with Gasteiger partial charge in [-0.05, 0) is 0 Å². The molecule has 0 unspecified atom stereocenters. The molecule has 1 N–H and O–H groups in total. The number of alkyl halides is 2. The van der Waals surface area contributed by atoms with Gasteiger partial charge in [0.25, 0.3) is 6.43 Å². The van der Waals surface area contributed by atoms with Crippen LogP contribution in [0.2, 0.25) is 5.02 Å². The largest absolute Gasteiger partial charge is 0.392 e. The van der Waals surface area contributed by atoms with Gasteiger partial charge in [-0.15, -0.1) is 0 Å². The second-order valence-corrected chi connectivity index (χ2v) is 2.82. The summed E-state index contributed by atoms with van der Waals surface area (Å²) in [5.41, 5.74) is -1.15. The highest BCUT2D eigenvalue weighted by Crippen LogP contribution is 2.29. The van der Waals surface area contributed by atoms with Gasteiger partial charge in [0, 0.05) is 11.8 Å². The summed E-state index contributed by atoms with van der Waals surface area (Å²) >= 11 is 5.54. The number of hydrogen-bond acceptors (Lipinski definition) is 3. The number of nitrogens with zero attached hydrogens (tertiary/aromatic N) is 2. The van der Waals surface area contributed by atoms with Crippen molar-refractivity contribution in [3.8, 4) is 6.07 Å². The molecule has 0 saturated heterocycles. The van der Waals surface area contributed by atoms with E-state index >= 15 is 0 Å². The van der Waals surface area contributed by atoms with Gasteiger partial charge in [-0.1, -0.05) is 11.6 Å². The molecule has 0 aliphatic heterocycles. The van der Waals surface area contributed by atoms with E-state index in [0.29, 0.717) is 0 Å². The van der Waals surface area contributed by atoms with Crippen molar-refractivity contribution in [3.63, 3.8) is 0 Å². The van der Waals surface area contributed by atoms with Gasteiger partial charge in [0.15, 0.2) is 0 Å². The number of aliphatic hydroxyl groups excluding tert-OH is 1. The lowest BCUT2D eigenvalue weighted by Crippen LogP contribution is -2.02. The Morgan fingerprint density at radius 1 is 1.64 bits per heavy atom. The SMILES string of the molecule is N#Cc1ncc(Cl)c(CO)c1C(F)F. The van der Waals surface area contributed by atoms with Gasteiger partial charge in [-0.3, -0.25) is 0 Å². The third-order valence-electron chi connectivity index (χ3n) is 1.66. The Balaban J connectivity index is 3.46. The molecule has 3 nitrogen and oxygen atoms in total. The Hall–Kier alpha value is -1.25. The number of aliphatic hydroxyl groups is 1. The summed E-state index contributed by atoms with van der Waals surface area (Å²) < 4.78 is 25.0. The van der Waals surface area contributed by atoms with E-state index in [1.165, 1.54) is 6.07 Å². The molecule has 0 aromatic carbocycles.